The molecular weight excluding hydrogens is 179 g/mol. The van der Waals surface area contributed by atoms with Gasteiger partial charge >= 0.3 is 5.97 Å². The van der Waals surface area contributed by atoms with Gasteiger partial charge < -0.3 is 5.11 Å². The number of aliphatic carboxylic acids is 1. The minimum Gasteiger partial charge on any atom is -0.481 e. The molecule has 1 rings (SSSR count). The van der Waals surface area contributed by atoms with Crippen LogP contribution in [0.4, 0.5) is 4.39 Å². The molecule has 0 aliphatic carbocycles. The van der Waals surface area contributed by atoms with E-state index < -0.39 is 5.97 Å². The Bertz CT molecular complexity index is 288. The first-order chi connectivity index (χ1) is 5.68. The Hall–Kier alpha value is -1.03. The van der Waals surface area contributed by atoms with E-state index in [1.165, 1.54) is 12.1 Å². The van der Waals surface area contributed by atoms with Crippen LogP contribution in [0.25, 0.3) is 0 Å². The van der Waals surface area contributed by atoms with Crippen LogP contribution in [0, 0.1) is 5.82 Å². The van der Waals surface area contributed by atoms with Gasteiger partial charge in [0, 0.05) is 4.90 Å². The summed E-state index contributed by atoms with van der Waals surface area (Å²) < 4.78 is 12.5. The second kappa shape index (κ2) is 4.11. The maximum absolute atomic E-state index is 12.5. The molecule has 0 aliphatic rings. The average molecular weight is 186 g/mol. The average Bonchev–Trinajstić information content (AvgIpc) is 2.01. The first-order valence-electron chi connectivity index (χ1n) is 3.28. The molecule has 0 fully saturated rings. The molecular formula is C8H7FO2S. The van der Waals surface area contributed by atoms with E-state index in [9.17, 15) is 9.18 Å². The normalized spacial score (nSPS) is 9.75. The van der Waals surface area contributed by atoms with E-state index in [0.29, 0.717) is 4.90 Å². The third kappa shape index (κ3) is 2.92. The van der Waals surface area contributed by atoms with Crippen LogP contribution < -0.4 is 0 Å². The second-order valence-corrected chi connectivity index (χ2v) is 3.19. The smallest absolute Gasteiger partial charge is 0.313 e. The van der Waals surface area contributed by atoms with Gasteiger partial charge in [-0.2, -0.15) is 0 Å². The quantitative estimate of drug-likeness (QED) is 0.733. The topological polar surface area (TPSA) is 37.3 Å². The Morgan fingerprint density at radius 3 is 2.92 bits per heavy atom. The van der Waals surface area contributed by atoms with Gasteiger partial charge in [0.2, 0.25) is 0 Å². The molecule has 0 aliphatic heterocycles. The number of rotatable bonds is 3. The summed E-state index contributed by atoms with van der Waals surface area (Å²) in [7, 11) is 0. The van der Waals surface area contributed by atoms with Gasteiger partial charge in [0.25, 0.3) is 0 Å². The van der Waals surface area contributed by atoms with Gasteiger partial charge in [-0.3, -0.25) is 4.79 Å². The van der Waals surface area contributed by atoms with E-state index in [4.69, 9.17) is 5.11 Å². The predicted octanol–water partition coefficient (Wildman–Crippen LogP) is 2.00. The first-order valence-corrected chi connectivity index (χ1v) is 4.27. The number of hydrogen-bond donors (Lipinski definition) is 1. The summed E-state index contributed by atoms with van der Waals surface area (Å²) in [6.07, 6.45) is 0. The van der Waals surface area contributed by atoms with Gasteiger partial charge in [-0.05, 0) is 18.2 Å². The number of halogens is 1. The van der Waals surface area contributed by atoms with E-state index in [-0.39, 0.29) is 11.6 Å². The zero-order chi connectivity index (χ0) is 8.97. The first kappa shape index (κ1) is 9.06. The van der Waals surface area contributed by atoms with E-state index in [2.05, 4.69) is 0 Å². The summed E-state index contributed by atoms with van der Waals surface area (Å²) in [6.45, 7) is 0. The zero-order valence-corrected chi connectivity index (χ0v) is 6.97. The van der Waals surface area contributed by atoms with Crippen molar-refractivity contribution in [1.82, 2.24) is 0 Å². The van der Waals surface area contributed by atoms with Gasteiger partial charge in [-0.25, -0.2) is 4.39 Å². The lowest BCUT2D eigenvalue weighted by Gasteiger charge is -1.96. The van der Waals surface area contributed by atoms with E-state index in [1.807, 2.05) is 0 Å². The molecule has 1 aromatic carbocycles. The van der Waals surface area contributed by atoms with Crippen molar-refractivity contribution in [3.8, 4) is 0 Å². The Balaban J connectivity index is 2.57. The Labute approximate surface area is 73.4 Å². The van der Waals surface area contributed by atoms with Crippen LogP contribution in [0.3, 0.4) is 0 Å². The summed E-state index contributed by atoms with van der Waals surface area (Å²) in [5.74, 6) is -1.28. The third-order valence-corrected chi connectivity index (χ3v) is 2.14. The molecule has 0 saturated carbocycles. The lowest BCUT2D eigenvalue weighted by molar-refractivity contribution is -0.133. The highest BCUT2D eigenvalue weighted by molar-refractivity contribution is 8.00. The van der Waals surface area contributed by atoms with Gasteiger partial charge in [0.1, 0.15) is 5.82 Å². The molecule has 1 N–H and O–H groups in total. The fraction of sp³-hybridized carbons (Fsp3) is 0.125. The molecule has 0 heterocycles. The lowest BCUT2D eigenvalue weighted by Crippen LogP contribution is -1.97. The SMILES string of the molecule is O=C(O)CSc1cccc(F)c1. The summed E-state index contributed by atoms with van der Waals surface area (Å²) in [5.41, 5.74) is 0. The second-order valence-electron chi connectivity index (χ2n) is 2.14. The fourth-order valence-electron chi connectivity index (χ4n) is 0.702. The standard InChI is InChI=1S/C8H7FO2S/c9-6-2-1-3-7(4-6)12-5-8(10)11/h1-4H,5H2,(H,10,11). The zero-order valence-electron chi connectivity index (χ0n) is 6.16. The number of hydrogen-bond acceptors (Lipinski definition) is 2. The van der Waals surface area contributed by atoms with Crippen molar-refractivity contribution in [3.63, 3.8) is 0 Å². The van der Waals surface area contributed by atoms with Crippen LogP contribution >= 0.6 is 11.8 Å². The number of carboxylic acids is 1. The summed E-state index contributed by atoms with van der Waals surface area (Å²) in [5, 5.41) is 8.33. The molecule has 12 heavy (non-hydrogen) atoms. The molecule has 0 unspecified atom stereocenters. The molecule has 4 heteroatoms. The van der Waals surface area contributed by atoms with Crippen LogP contribution in [0.5, 0.6) is 0 Å². The highest BCUT2D eigenvalue weighted by Gasteiger charge is 1.99. The lowest BCUT2D eigenvalue weighted by atomic mass is 10.4. The van der Waals surface area contributed by atoms with Gasteiger partial charge in [0.15, 0.2) is 0 Å². The Morgan fingerprint density at radius 1 is 1.58 bits per heavy atom. The maximum atomic E-state index is 12.5. The highest BCUT2D eigenvalue weighted by atomic mass is 32.2. The number of carboxylic acid groups (broad SMARTS) is 1. The van der Waals surface area contributed by atoms with Crippen LogP contribution in [0.1, 0.15) is 0 Å². The van der Waals surface area contributed by atoms with Crippen molar-refractivity contribution in [1.29, 1.82) is 0 Å². The number of thioether (sulfide) groups is 1. The molecule has 0 atom stereocenters. The maximum Gasteiger partial charge on any atom is 0.313 e. The van der Waals surface area contributed by atoms with E-state index in [0.717, 1.165) is 11.8 Å². The highest BCUT2D eigenvalue weighted by Crippen LogP contribution is 2.17. The Morgan fingerprint density at radius 2 is 2.33 bits per heavy atom. The van der Waals surface area contributed by atoms with Crippen molar-refractivity contribution in [2.45, 2.75) is 4.90 Å². The largest absolute Gasteiger partial charge is 0.481 e. The minimum atomic E-state index is -0.899. The molecule has 0 amide bonds. The predicted molar refractivity (Wildman–Crippen MR) is 44.8 cm³/mol. The van der Waals surface area contributed by atoms with Crippen molar-refractivity contribution in [2.75, 3.05) is 5.75 Å². The summed E-state index contributed by atoms with van der Waals surface area (Å²) in [4.78, 5) is 10.8. The molecule has 2 nitrogen and oxygen atoms in total. The third-order valence-electron chi connectivity index (χ3n) is 1.16. The molecule has 1 aromatic rings. The van der Waals surface area contributed by atoms with Crippen LogP contribution in [0.15, 0.2) is 29.2 Å². The molecule has 64 valence electrons. The van der Waals surface area contributed by atoms with Crippen molar-refractivity contribution >= 4 is 17.7 Å². The molecule has 0 aromatic heterocycles. The molecule has 0 bridgehead atoms. The van der Waals surface area contributed by atoms with E-state index >= 15 is 0 Å². The van der Waals surface area contributed by atoms with Gasteiger partial charge in [-0.1, -0.05) is 6.07 Å². The molecule has 0 spiro atoms. The minimum absolute atomic E-state index is 0.0382. The monoisotopic (exact) mass is 186 g/mol. The van der Waals surface area contributed by atoms with Crippen LogP contribution in [0.2, 0.25) is 0 Å². The van der Waals surface area contributed by atoms with Gasteiger partial charge in [-0.15, -0.1) is 11.8 Å². The summed E-state index contributed by atoms with van der Waals surface area (Å²) in [6, 6.07) is 5.87. The Kier molecular flexibility index (Phi) is 3.10. The number of carbonyl (C=O) groups is 1. The van der Waals surface area contributed by atoms with Crippen LogP contribution in [-0.2, 0) is 4.79 Å². The van der Waals surface area contributed by atoms with E-state index in [1.54, 1.807) is 12.1 Å². The summed E-state index contributed by atoms with van der Waals surface area (Å²) >= 11 is 1.10. The molecule has 0 saturated heterocycles. The van der Waals surface area contributed by atoms with Crippen molar-refractivity contribution in [3.05, 3.63) is 30.1 Å². The van der Waals surface area contributed by atoms with Crippen molar-refractivity contribution in [2.24, 2.45) is 0 Å². The molecule has 0 radical (unpaired) electrons. The van der Waals surface area contributed by atoms with Crippen molar-refractivity contribution < 1.29 is 14.3 Å². The fourth-order valence-corrected chi connectivity index (χ4v) is 1.36. The van der Waals surface area contributed by atoms with Crippen LogP contribution in [-0.4, -0.2) is 16.8 Å². The number of benzene rings is 1. The van der Waals surface area contributed by atoms with Gasteiger partial charge in [0.05, 0.1) is 5.75 Å².